The molecule has 0 saturated carbocycles. The maximum absolute atomic E-state index is 11.5. The molecule has 0 bridgehead atoms. The van der Waals surface area contributed by atoms with Crippen molar-refractivity contribution in [3.8, 4) is 0 Å². The zero-order valence-corrected chi connectivity index (χ0v) is 15.4. The van der Waals surface area contributed by atoms with E-state index in [0.717, 1.165) is 58.4 Å². The van der Waals surface area contributed by atoms with Crippen molar-refractivity contribution in [1.82, 2.24) is 10.2 Å². The molecule has 5 N–H and O–H groups in total. The number of nitrogens with zero attached hydrogens (tertiary/aromatic N) is 1. The number of ether oxygens (including phenoxy) is 1. The van der Waals surface area contributed by atoms with Crippen molar-refractivity contribution in [3.05, 3.63) is 0 Å². The Bertz CT molecular complexity index is 285. The predicted molar refractivity (Wildman–Crippen MR) is 96.5 cm³/mol. The van der Waals surface area contributed by atoms with E-state index in [1.807, 2.05) is 20.8 Å². The number of amides is 1. The summed E-state index contributed by atoms with van der Waals surface area (Å²) in [6.07, 6.45) is 6.24. The lowest BCUT2D eigenvalue weighted by molar-refractivity contribution is 0.0527. The Balaban J connectivity index is 3.59. The minimum absolute atomic E-state index is 0.327. The van der Waals surface area contributed by atoms with Crippen LogP contribution >= 0.6 is 0 Å². The van der Waals surface area contributed by atoms with Gasteiger partial charge < -0.3 is 26.4 Å². The van der Waals surface area contributed by atoms with Crippen LogP contribution in [-0.2, 0) is 4.74 Å². The molecule has 0 aliphatic heterocycles. The van der Waals surface area contributed by atoms with Crippen molar-refractivity contribution in [2.75, 3.05) is 39.3 Å². The molecule has 0 aromatic heterocycles. The highest BCUT2D eigenvalue weighted by Crippen LogP contribution is 2.07. The largest absolute Gasteiger partial charge is 0.444 e. The summed E-state index contributed by atoms with van der Waals surface area (Å²) >= 11 is 0. The number of nitrogens with two attached hydrogens (primary N) is 2. The number of rotatable bonds is 13. The third-order valence-electron chi connectivity index (χ3n) is 3.43. The number of hydrogen-bond acceptors (Lipinski definition) is 5. The van der Waals surface area contributed by atoms with Gasteiger partial charge in [0.15, 0.2) is 0 Å². The molecule has 0 fully saturated rings. The number of carbonyl (C=O) groups excluding carboxylic acids is 1. The Morgan fingerprint density at radius 2 is 1.43 bits per heavy atom. The van der Waals surface area contributed by atoms with E-state index >= 15 is 0 Å². The molecule has 0 aromatic rings. The molecule has 0 rings (SSSR count). The molecule has 0 heterocycles. The molecular formula is C17H38N4O2. The van der Waals surface area contributed by atoms with Gasteiger partial charge >= 0.3 is 6.09 Å². The highest BCUT2D eigenvalue weighted by Gasteiger charge is 2.15. The summed E-state index contributed by atoms with van der Waals surface area (Å²) in [5.74, 6) is 0. The molecule has 138 valence electrons. The molecular weight excluding hydrogens is 292 g/mol. The summed E-state index contributed by atoms with van der Waals surface area (Å²) in [7, 11) is 0. The highest BCUT2D eigenvalue weighted by atomic mass is 16.6. The minimum atomic E-state index is -0.430. The molecule has 0 aliphatic rings. The van der Waals surface area contributed by atoms with Crippen molar-refractivity contribution in [1.29, 1.82) is 0 Å². The van der Waals surface area contributed by atoms with Gasteiger partial charge in [0.05, 0.1) is 0 Å². The predicted octanol–water partition coefficient (Wildman–Crippen LogP) is 2.07. The Hall–Kier alpha value is -0.850. The fraction of sp³-hybridized carbons (Fsp3) is 0.941. The number of nitrogens with one attached hydrogen (secondary N) is 1. The zero-order valence-electron chi connectivity index (χ0n) is 15.4. The van der Waals surface area contributed by atoms with Crippen LogP contribution in [0.1, 0.15) is 59.3 Å². The summed E-state index contributed by atoms with van der Waals surface area (Å²) in [6.45, 7) is 11.0. The van der Waals surface area contributed by atoms with Crippen LogP contribution in [0, 0.1) is 0 Å². The molecule has 0 spiro atoms. The van der Waals surface area contributed by atoms with Gasteiger partial charge in [-0.1, -0.05) is 12.8 Å². The molecule has 6 nitrogen and oxygen atoms in total. The second-order valence-corrected chi connectivity index (χ2v) is 6.97. The molecule has 1 amide bonds. The number of carbonyl (C=O) groups is 1. The van der Waals surface area contributed by atoms with E-state index in [4.69, 9.17) is 16.2 Å². The monoisotopic (exact) mass is 330 g/mol. The summed E-state index contributed by atoms with van der Waals surface area (Å²) in [4.78, 5) is 13.9. The van der Waals surface area contributed by atoms with Gasteiger partial charge in [0.25, 0.3) is 0 Å². The summed E-state index contributed by atoms with van der Waals surface area (Å²) < 4.78 is 5.19. The van der Waals surface area contributed by atoms with Gasteiger partial charge in [-0.25, -0.2) is 4.79 Å². The van der Waals surface area contributed by atoms with Gasteiger partial charge in [-0.3, -0.25) is 0 Å². The summed E-state index contributed by atoms with van der Waals surface area (Å²) in [5, 5.41) is 2.80. The van der Waals surface area contributed by atoms with Crippen LogP contribution in [0.25, 0.3) is 0 Å². The summed E-state index contributed by atoms with van der Waals surface area (Å²) in [5.41, 5.74) is 10.7. The molecule has 23 heavy (non-hydrogen) atoms. The Morgan fingerprint density at radius 1 is 0.913 bits per heavy atom. The van der Waals surface area contributed by atoms with E-state index in [0.29, 0.717) is 6.54 Å². The van der Waals surface area contributed by atoms with Crippen LogP contribution in [-0.4, -0.2) is 55.9 Å². The number of hydrogen-bond donors (Lipinski definition) is 3. The van der Waals surface area contributed by atoms with Crippen molar-refractivity contribution >= 4 is 6.09 Å². The van der Waals surface area contributed by atoms with E-state index < -0.39 is 5.60 Å². The second-order valence-electron chi connectivity index (χ2n) is 6.97. The van der Waals surface area contributed by atoms with Crippen LogP contribution < -0.4 is 16.8 Å². The molecule has 0 aliphatic carbocycles. The normalized spacial score (nSPS) is 11.7. The second kappa shape index (κ2) is 13.6. The maximum Gasteiger partial charge on any atom is 0.407 e. The first kappa shape index (κ1) is 22.1. The SMILES string of the molecule is CC(C)(C)OC(=O)NCCCCCCN(CCCN)CCCN. The number of alkyl carbamates (subject to hydrolysis) is 1. The van der Waals surface area contributed by atoms with Crippen molar-refractivity contribution in [3.63, 3.8) is 0 Å². The van der Waals surface area contributed by atoms with Crippen molar-refractivity contribution in [2.45, 2.75) is 64.9 Å². The average molecular weight is 331 g/mol. The fourth-order valence-corrected chi connectivity index (χ4v) is 2.28. The van der Waals surface area contributed by atoms with Crippen molar-refractivity contribution in [2.24, 2.45) is 11.5 Å². The summed E-state index contributed by atoms with van der Waals surface area (Å²) in [6, 6.07) is 0. The molecule has 0 radical (unpaired) electrons. The zero-order chi connectivity index (χ0) is 17.6. The van der Waals surface area contributed by atoms with E-state index in [1.165, 1.54) is 12.8 Å². The average Bonchev–Trinajstić information content (AvgIpc) is 2.46. The van der Waals surface area contributed by atoms with E-state index in [-0.39, 0.29) is 6.09 Å². The van der Waals surface area contributed by atoms with Crippen LogP contribution in [0.4, 0.5) is 4.79 Å². The minimum Gasteiger partial charge on any atom is -0.444 e. The quantitative estimate of drug-likeness (QED) is 0.450. The third kappa shape index (κ3) is 15.8. The lowest BCUT2D eigenvalue weighted by Gasteiger charge is -2.21. The molecule has 6 heteroatoms. The molecule has 0 unspecified atom stereocenters. The first-order valence-corrected chi connectivity index (χ1v) is 8.98. The fourth-order valence-electron chi connectivity index (χ4n) is 2.28. The third-order valence-corrected chi connectivity index (χ3v) is 3.43. The lowest BCUT2D eigenvalue weighted by atomic mass is 10.2. The maximum atomic E-state index is 11.5. The van der Waals surface area contributed by atoms with Crippen LogP contribution in [0.15, 0.2) is 0 Å². The van der Waals surface area contributed by atoms with Crippen LogP contribution in [0.2, 0.25) is 0 Å². The van der Waals surface area contributed by atoms with Crippen LogP contribution in [0.3, 0.4) is 0 Å². The first-order valence-electron chi connectivity index (χ1n) is 8.98. The Morgan fingerprint density at radius 3 is 1.96 bits per heavy atom. The van der Waals surface area contributed by atoms with Crippen LogP contribution in [0.5, 0.6) is 0 Å². The van der Waals surface area contributed by atoms with Crippen molar-refractivity contribution < 1.29 is 9.53 Å². The van der Waals surface area contributed by atoms with E-state index in [1.54, 1.807) is 0 Å². The van der Waals surface area contributed by atoms with E-state index in [9.17, 15) is 4.79 Å². The first-order chi connectivity index (χ1) is 10.9. The Kier molecular flexibility index (Phi) is 13.1. The van der Waals surface area contributed by atoms with Gasteiger partial charge in [0.1, 0.15) is 5.60 Å². The standard InChI is InChI=1S/C17H38N4O2/c1-17(2,3)23-16(22)20-12-6-4-5-7-13-21(14-8-10-18)15-9-11-19/h4-15,18-19H2,1-3H3,(H,20,22). The Labute approximate surface area is 142 Å². The topological polar surface area (TPSA) is 93.6 Å². The number of unbranched alkanes of at least 4 members (excludes halogenated alkanes) is 3. The smallest absolute Gasteiger partial charge is 0.407 e. The van der Waals surface area contributed by atoms with Gasteiger partial charge in [-0.2, -0.15) is 0 Å². The molecule has 0 aromatic carbocycles. The van der Waals surface area contributed by atoms with Gasteiger partial charge in [0.2, 0.25) is 0 Å². The lowest BCUT2D eigenvalue weighted by Crippen LogP contribution is -2.33. The van der Waals surface area contributed by atoms with Gasteiger partial charge in [-0.15, -0.1) is 0 Å². The van der Waals surface area contributed by atoms with E-state index in [2.05, 4.69) is 10.2 Å². The van der Waals surface area contributed by atoms with Gasteiger partial charge in [-0.05, 0) is 79.2 Å². The molecule has 0 atom stereocenters. The van der Waals surface area contributed by atoms with Gasteiger partial charge in [0, 0.05) is 6.54 Å². The molecule has 0 saturated heterocycles. The highest BCUT2D eigenvalue weighted by molar-refractivity contribution is 5.67.